The Bertz CT molecular complexity index is 756. The highest BCUT2D eigenvalue weighted by atomic mass is 16.3. The first-order valence-electron chi connectivity index (χ1n) is 8.76. The monoisotopic (exact) mass is 342 g/mol. The number of rotatable bonds is 5. The summed E-state index contributed by atoms with van der Waals surface area (Å²) < 4.78 is 0. The quantitative estimate of drug-likeness (QED) is 0.775. The van der Waals surface area contributed by atoms with Gasteiger partial charge in [-0.2, -0.15) is 5.10 Å². The second kappa shape index (κ2) is 7.37. The first-order valence-corrected chi connectivity index (χ1v) is 8.76. The molecule has 1 saturated heterocycles. The zero-order valence-electron chi connectivity index (χ0n) is 14.8. The molecule has 2 atom stereocenters. The number of likely N-dealkylation sites (tertiary alicyclic amines) is 1. The molecule has 2 heterocycles. The Morgan fingerprint density at radius 3 is 2.96 bits per heavy atom. The molecular formula is C19H26N4O2. The van der Waals surface area contributed by atoms with Gasteiger partial charge in [-0.15, -0.1) is 0 Å². The largest absolute Gasteiger partial charge is 0.387 e. The van der Waals surface area contributed by atoms with Gasteiger partial charge < -0.3 is 10.8 Å². The van der Waals surface area contributed by atoms with Crippen LogP contribution in [0.15, 0.2) is 24.3 Å². The lowest BCUT2D eigenvalue weighted by molar-refractivity contribution is 0.0946. The van der Waals surface area contributed by atoms with E-state index < -0.39 is 12.0 Å². The number of aromatic nitrogens is 2. The van der Waals surface area contributed by atoms with Crippen molar-refractivity contribution in [1.82, 2.24) is 15.1 Å². The fraction of sp³-hybridized carbons (Fsp3) is 0.474. The number of aryl methyl sites for hydroxylation is 2. The van der Waals surface area contributed by atoms with Gasteiger partial charge in [0.25, 0.3) is 5.91 Å². The van der Waals surface area contributed by atoms with Crippen molar-refractivity contribution in [1.29, 1.82) is 0 Å². The van der Waals surface area contributed by atoms with Crippen molar-refractivity contribution in [3.05, 3.63) is 52.3 Å². The van der Waals surface area contributed by atoms with Gasteiger partial charge in [-0.25, -0.2) is 0 Å². The molecule has 1 aliphatic heterocycles. The SMILES string of the molecule is Cc1ccc(C)c([C@H](O)CN2CCC[C@@H](c3cc(C(N)=O)n[nH]3)C2)c1. The lowest BCUT2D eigenvalue weighted by Crippen LogP contribution is -2.37. The second-order valence-electron chi connectivity index (χ2n) is 7.05. The molecule has 4 N–H and O–H groups in total. The highest BCUT2D eigenvalue weighted by molar-refractivity contribution is 5.90. The van der Waals surface area contributed by atoms with Gasteiger partial charge in [0.2, 0.25) is 0 Å². The van der Waals surface area contributed by atoms with E-state index in [9.17, 15) is 9.90 Å². The van der Waals surface area contributed by atoms with Gasteiger partial charge >= 0.3 is 0 Å². The van der Waals surface area contributed by atoms with Crippen LogP contribution >= 0.6 is 0 Å². The number of nitrogens with one attached hydrogen (secondary N) is 1. The molecule has 0 saturated carbocycles. The van der Waals surface area contributed by atoms with E-state index in [4.69, 9.17) is 5.73 Å². The summed E-state index contributed by atoms with van der Waals surface area (Å²) in [4.78, 5) is 13.5. The topological polar surface area (TPSA) is 95.2 Å². The number of hydrogen-bond donors (Lipinski definition) is 3. The van der Waals surface area contributed by atoms with Crippen molar-refractivity contribution in [2.75, 3.05) is 19.6 Å². The van der Waals surface area contributed by atoms with E-state index in [1.165, 1.54) is 0 Å². The molecule has 3 rings (SSSR count). The van der Waals surface area contributed by atoms with Gasteiger partial charge in [-0.1, -0.05) is 23.8 Å². The molecule has 1 aromatic carbocycles. The number of hydrogen-bond acceptors (Lipinski definition) is 4. The number of carbonyl (C=O) groups is 1. The molecule has 1 aliphatic rings. The number of aromatic amines is 1. The van der Waals surface area contributed by atoms with Crippen molar-refractivity contribution in [3.63, 3.8) is 0 Å². The number of H-pyrrole nitrogens is 1. The number of β-amino-alcohol motifs (C(OH)–C–C–N with tert-alkyl or cyclic N) is 1. The highest BCUT2D eigenvalue weighted by Crippen LogP contribution is 2.28. The number of aliphatic hydroxyl groups is 1. The molecule has 1 amide bonds. The maximum absolute atomic E-state index is 11.2. The van der Waals surface area contributed by atoms with Crippen LogP contribution in [-0.4, -0.2) is 45.7 Å². The van der Waals surface area contributed by atoms with Crippen molar-refractivity contribution in [3.8, 4) is 0 Å². The number of carbonyl (C=O) groups excluding carboxylic acids is 1. The molecule has 1 fully saturated rings. The first kappa shape index (κ1) is 17.6. The third kappa shape index (κ3) is 4.08. The van der Waals surface area contributed by atoms with E-state index >= 15 is 0 Å². The minimum absolute atomic E-state index is 0.278. The molecular weight excluding hydrogens is 316 g/mol. The average Bonchev–Trinajstić information content (AvgIpc) is 3.07. The Labute approximate surface area is 148 Å². The Morgan fingerprint density at radius 1 is 1.44 bits per heavy atom. The summed E-state index contributed by atoms with van der Waals surface area (Å²) in [5, 5.41) is 17.6. The maximum Gasteiger partial charge on any atom is 0.269 e. The molecule has 0 unspecified atom stereocenters. The van der Waals surface area contributed by atoms with Crippen LogP contribution in [0.4, 0.5) is 0 Å². The van der Waals surface area contributed by atoms with E-state index in [0.29, 0.717) is 6.54 Å². The molecule has 2 aromatic rings. The summed E-state index contributed by atoms with van der Waals surface area (Å²) >= 11 is 0. The maximum atomic E-state index is 11.2. The van der Waals surface area contributed by atoms with Crippen LogP contribution < -0.4 is 5.73 Å². The van der Waals surface area contributed by atoms with Crippen molar-refractivity contribution in [2.45, 2.75) is 38.7 Å². The molecule has 0 aliphatic carbocycles. The van der Waals surface area contributed by atoms with Gasteiger partial charge in [0.05, 0.1) is 6.10 Å². The first-order chi connectivity index (χ1) is 11.9. The Morgan fingerprint density at radius 2 is 2.24 bits per heavy atom. The Hall–Kier alpha value is -2.18. The summed E-state index contributed by atoms with van der Waals surface area (Å²) in [7, 11) is 0. The number of nitrogens with two attached hydrogens (primary N) is 1. The fourth-order valence-corrected chi connectivity index (χ4v) is 3.61. The summed E-state index contributed by atoms with van der Waals surface area (Å²) in [5.74, 6) is -0.235. The highest BCUT2D eigenvalue weighted by Gasteiger charge is 2.25. The summed E-state index contributed by atoms with van der Waals surface area (Å²) in [6.07, 6.45) is 1.59. The molecule has 0 spiro atoms. The predicted molar refractivity (Wildman–Crippen MR) is 96.4 cm³/mol. The Kier molecular flexibility index (Phi) is 5.20. The summed E-state index contributed by atoms with van der Waals surface area (Å²) in [6, 6.07) is 7.94. The second-order valence-corrected chi connectivity index (χ2v) is 7.05. The van der Waals surface area contributed by atoms with E-state index in [0.717, 1.165) is 48.3 Å². The summed E-state index contributed by atoms with van der Waals surface area (Å²) in [5.41, 5.74) is 9.78. The van der Waals surface area contributed by atoms with Gasteiger partial charge in [0.1, 0.15) is 5.69 Å². The van der Waals surface area contributed by atoms with Crippen LogP contribution in [0, 0.1) is 13.8 Å². The number of aliphatic hydroxyl groups excluding tert-OH is 1. The normalized spacial score (nSPS) is 19.7. The van der Waals surface area contributed by atoms with Crippen LogP contribution in [-0.2, 0) is 0 Å². The van der Waals surface area contributed by atoms with E-state index in [2.05, 4.69) is 33.3 Å². The van der Waals surface area contributed by atoms with E-state index in [1.54, 1.807) is 6.07 Å². The van der Waals surface area contributed by atoms with Gasteiger partial charge in [-0.05, 0) is 50.4 Å². The third-order valence-electron chi connectivity index (χ3n) is 5.02. The Balaban J connectivity index is 1.66. The standard InChI is InChI=1S/C19H26N4O2/c1-12-5-6-13(2)15(8-12)18(24)11-23-7-3-4-14(10-23)16-9-17(19(20)25)22-21-16/h5-6,8-9,14,18,24H,3-4,7,10-11H2,1-2H3,(H2,20,25)(H,21,22)/t14-,18-/m1/s1. The summed E-state index contributed by atoms with van der Waals surface area (Å²) in [6.45, 7) is 6.49. The van der Waals surface area contributed by atoms with Crippen LogP contribution in [0.25, 0.3) is 0 Å². The third-order valence-corrected chi connectivity index (χ3v) is 5.02. The smallest absolute Gasteiger partial charge is 0.269 e. The number of piperidine rings is 1. The van der Waals surface area contributed by atoms with Crippen molar-refractivity contribution >= 4 is 5.91 Å². The molecule has 6 heteroatoms. The zero-order valence-corrected chi connectivity index (χ0v) is 14.8. The minimum Gasteiger partial charge on any atom is -0.387 e. The van der Waals surface area contributed by atoms with Crippen LogP contribution in [0.2, 0.25) is 0 Å². The molecule has 0 radical (unpaired) electrons. The number of primary amides is 1. The van der Waals surface area contributed by atoms with Gasteiger partial charge in [0, 0.05) is 24.7 Å². The van der Waals surface area contributed by atoms with Crippen LogP contribution in [0.5, 0.6) is 0 Å². The van der Waals surface area contributed by atoms with Crippen molar-refractivity contribution < 1.29 is 9.90 Å². The molecule has 134 valence electrons. The molecule has 6 nitrogen and oxygen atoms in total. The number of benzene rings is 1. The van der Waals surface area contributed by atoms with Crippen LogP contribution in [0.1, 0.15) is 57.7 Å². The number of nitrogens with zero attached hydrogens (tertiary/aromatic N) is 2. The van der Waals surface area contributed by atoms with Gasteiger partial charge in [0.15, 0.2) is 0 Å². The van der Waals surface area contributed by atoms with E-state index in [1.807, 2.05) is 13.8 Å². The molecule has 0 bridgehead atoms. The average molecular weight is 342 g/mol. The molecule has 25 heavy (non-hydrogen) atoms. The van der Waals surface area contributed by atoms with E-state index in [-0.39, 0.29) is 11.6 Å². The van der Waals surface area contributed by atoms with Crippen molar-refractivity contribution in [2.24, 2.45) is 5.73 Å². The lowest BCUT2D eigenvalue weighted by Gasteiger charge is -2.33. The van der Waals surface area contributed by atoms with Gasteiger partial charge in [-0.3, -0.25) is 14.8 Å². The number of amides is 1. The predicted octanol–water partition coefficient (Wildman–Crippen LogP) is 2.04. The lowest BCUT2D eigenvalue weighted by atomic mass is 9.93. The minimum atomic E-state index is -0.513. The van der Waals surface area contributed by atoms with Crippen LogP contribution in [0.3, 0.4) is 0 Å². The molecule has 1 aromatic heterocycles. The zero-order chi connectivity index (χ0) is 18.0. The fourth-order valence-electron chi connectivity index (χ4n) is 3.61.